The van der Waals surface area contributed by atoms with Gasteiger partial charge >= 0.3 is 0 Å². The highest BCUT2D eigenvalue weighted by Crippen LogP contribution is 2.72. The molecule has 32 heavy (non-hydrogen) atoms. The van der Waals surface area contributed by atoms with Crippen LogP contribution >= 0.6 is 0 Å². The first kappa shape index (κ1) is 23.4. The Kier molecular flexibility index (Phi) is 5.36. The molecule has 0 aromatic heterocycles. The van der Waals surface area contributed by atoms with E-state index in [0.29, 0.717) is 22.7 Å². The number of hydrogen-bond donors (Lipinski definition) is 2. The quantitative estimate of drug-likeness (QED) is 0.460. The molecule has 2 N–H and O–H groups in total. The molecule has 0 spiro atoms. The monoisotopic (exact) mass is 442 g/mol. The van der Waals surface area contributed by atoms with Crippen LogP contribution in [0.1, 0.15) is 106 Å². The van der Waals surface area contributed by atoms with Crippen LogP contribution in [0.15, 0.2) is 11.6 Å². The first-order valence-corrected chi connectivity index (χ1v) is 14.0. The van der Waals surface area contributed by atoms with Crippen LogP contribution in [0.4, 0.5) is 0 Å². The zero-order valence-electron chi connectivity index (χ0n) is 22.0. The molecule has 5 aliphatic carbocycles. The third-order valence-electron chi connectivity index (χ3n) is 13.0. The van der Waals surface area contributed by atoms with Gasteiger partial charge in [-0.25, -0.2) is 0 Å². The van der Waals surface area contributed by atoms with Crippen LogP contribution in [0.5, 0.6) is 0 Å². The largest absolute Gasteiger partial charge is 0.393 e. The molecule has 5 unspecified atom stereocenters. The first-order valence-electron chi connectivity index (χ1n) is 14.0. The van der Waals surface area contributed by atoms with Crippen LogP contribution in [0.2, 0.25) is 0 Å². The Morgan fingerprint density at radius 2 is 1.62 bits per heavy atom. The Bertz CT molecular complexity index is 786. The lowest BCUT2D eigenvalue weighted by molar-refractivity contribution is -0.190. The number of fused-ring (bicyclic) bond motifs is 5. The molecule has 0 radical (unpaired) electrons. The second kappa shape index (κ2) is 7.33. The lowest BCUT2D eigenvalue weighted by Gasteiger charge is -2.63. The number of allylic oxidation sites excluding steroid dienone is 1. The summed E-state index contributed by atoms with van der Waals surface area (Å²) >= 11 is 0. The average molecular weight is 443 g/mol. The fraction of sp³-hybridized carbons (Fsp3) is 0.933. The van der Waals surface area contributed by atoms with Crippen LogP contribution < -0.4 is 0 Å². The summed E-state index contributed by atoms with van der Waals surface area (Å²) in [4.78, 5) is 0. The van der Waals surface area contributed by atoms with E-state index in [1.807, 2.05) is 0 Å². The number of rotatable bonds is 4. The molecule has 2 nitrogen and oxygen atoms in total. The van der Waals surface area contributed by atoms with Gasteiger partial charge in [-0.3, -0.25) is 0 Å². The second-order valence-corrected chi connectivity index (χ2v) is 14.2. The minimum absolute atomic E-state index is 0.123. The molecule has 0 aromatic rings. The van der Waals surface area contributed by atoms with Crippen LogP contribution in [0.3, 0.4) is 0 Å². The number of hydrogen-bond acceptors (Lipinski definition) is 2. The summed E-state index contributed by atoms with van der Waals surface area (Å²) in [6, 6.07) is 0. The molecule has 4 fully saturated rings. The van der Waals surface area contributed by atoms with Crippen molar-refractivity contribution in [2.24, 2.45) is 57.7 Å². The number of aliphatic hydroxyl groups is 2. The highest BCUT2D eigenvalue weighted by Gasteiger charge is 2.67. The van der Waals surface area contributed by atoms with Crippen LogP contribution in [-0.4, -0.2) is 21.9 Å². The molecular formula is C30H50O2. The van der Waals surface area contributed by atoms with Crippen molar-refractivity contribution in [3.8, 4) is 0 Å². The summed E-state index contributed by atoms with van der Waals surface area (Å²) in [5.41, 5.74) is 1.59. The summed E-state index contributed by atoms with van der Waals surface area (Å²) in [6.07, 6.45) is 12.1. The lowest BCUT2D eigenvalue weighted by Crippen LogP contribution is -2.63. The Labute approximate surface area is 197 Å². The van der Waals surface area contributed by atoms with Crippen molar-refractivity contribution in [3.05, 3.63) is 11.6 Å². The SMILES string of the molecule is CC(C)C(C)[C@@]1(C)C[C@@H]1C(C)[C@H]1CCC2C3CC=C4C[C@@H](O)CC[C@]4(C)C3(O)CC[C@@]21C. The standard InChI is InChI=1S/C30H50O2/c1-18(2)20(4)28(6)17-26(28)19(3)23-10-11-24-25-9-8-21-16-22(31)12-13-29(21,7)30(25,32)15-14-27(23,24)5/h8,18-20,22-26,31-32H,9-17H2,1-7H3/t19?,20?,22-,23+,24?,25?,26+,27+,28+,29-,30?/m0/s1. The van der Waals surface area contributed by atoms with Crippen LogP contribution in [-0.2, 0) is 0 Å². The predicted molar refractivity (Wildman–Crippen MR) is 132 cm³/mol. The molecule has 0 heterocycles. The lowest BCUT2D eigenvalue weighted by atomic mass is 9.44. The summed E-state index contributed by atoms with van der Waals surface area (Å²) in [6.45, 7) is 17.4. The molecule has 0 saturated heterocycles. The van der Waals surface area contributed by atoms with Gasteiger partial charge in [-0.15, -0.1) is 0 Å². The van der Waals surface area contributed by atoms with Crippen molar-refractivity contribution in [2.75, 3.05) is 0 Å². The highest BCUT2D eigenvalue weighted by molar-refractivity contribution is 5.30. The normalized spacial score (nSPS) is 54.3. The molecule has 0 amide bonds. The summed E-state index contributed by atoms with van der Waals surface area (Å²) < 4.78 is 0. The van der Waals surface area contributed by atoms with Gasteiger partial charge in [0.05, 0.1) is 11.7 Å². The van der Waals surface area contributed by atoms with Gasteiger partial charge in [-0.05, 0) is 110 Å². The summed E-state index contributed by atoms with van der Waals surface area (Å²) in [7, 11) is 0. The van der Waals surface area contributed by atoms with E-state index in [2.05, 4.69) is 54.5 Å². The molecule has 5 rings (SSSR count). The molecule has 0 bridgehead atoms. The minimum Gasteiger partial charge on any atom is -0.393 e. The zero-order chi connectivity index (χ0) is 23.3. The van der Waals surface area contributed by atoms with Crippen LogP contribution in [0.25, 0.3) is 0 Å². The van der Waals surface area contributed by atoms with E-state index in [4.69, 9.17) is 0 Å². The molecule has 11 atom stereocenters. The zero-order valence-corrected chi connectivity index (χ0v) is 22.0. The van der Waals surface area contributed by atoms with Gasteiger partial charge in [0.2, 0.25) is 0 Å². The Balaban J connectivity index is 1.39. The Morgan fingerprint density at radius 1 is 0.906 bits per heavy atom. The van der Waals surface area contributed by atoms with Crippen molar-refractivity contribution in [3.63, 3.8) is 0 Å². The summed E-state index contributed by atoms with van der Waals surface area (Å²) in [5.74, 6) is 5.14. The van der Waals surface area contributed by atoms with Gasteiger partial charge in [-0.2, -0.15) is 0 Å². The molecule has 0 aromatic carbocycles. The van der Waals surface area contributed by atoms with E-state index in [1.165, 1.54) is 31.3 Å². The van der Waals surface area contributed by atoms with E-state index in [-0.39, 0.29) is 11.5 Å². The van der Waals surface area contributed by atoms with Gasteiger partial charge < -0.3 is 10.2 Å². The molecule has 2 heteroatoms. The van der Waals surface area contributed by atoms with Gasteiger partial charge in [0.1, 0.15) is 0 Å². The van der Waals surface area contributed by atoms with Crippen molar-refractivity contribution in [2.45, 2.75) is 118 Å². The third-order valence-corrected chi connectivity index (χ3v) is 13.0. The van der Waals surface area contributed by atoms with Crippen molar-refractivity contribution in [1.82, 2.24) is 0 Å². The molecular weight excluding hydrogens is 392 g/mol. The van der Waals surface area contributed by atoms with E-state index in [9.17, 15) is 10.2 Å². The average Bonchev–Trinajstić information content (AvgIpc) is 3.31. The Morgan fingerprint density at radius 3 is 2.31 bits per heavy atom. The molecule has 0 aliphatic heterocycles. The number of aliphatic hydroxyl groups excluding tert-OH is 1. The topological polar surface area (TPSA) is 40.5 Å². The van der Waals surface area contributed by atoms with Gasteiger partial charge in [-0.1, -0.05) is 60.1 Å². The van der Waals surface area contributed by atoms with Gasteiger partial charge in [0.25, 0.3) is 0 Å². The van der Waals surface area contributed by atoms with E-state index >= 15 is 0 Å². The summed E-state index contributed by atoms with van der Waals surface area (Å²) in [5, 5.41) is 22.6. The van der Waals surface area contributed by atoms with Crippen molar-refractivity contribution >= 4 is 0 Å². The van der Waals surface area contributed by atoms with E-state index in [0.717, 1.165) is 61.7 Å². The minimum atomic E-state index is -0.570. The van der Waals surface area contributed by atoms with Crippen molar-refractivity contribution in [1.29, 1.82) is 0 Å². The highest BCUT2D eigenvalue weighted by atomic mass is 16.3. The molecule has 182 valence electrons. The fourth-order valence-electron chi connectivity index (χ4n) is 10.2. The second-order valence-electron chi connectivity index (χ2n) is 14.2. The van der Waals surface area contributed by atoms with Crippen LogP contribution in [0, 0.1) is 57.7 Å². The maximum atomic E-state index is 12.3. The maximum absolute atomic E-state index is 12.3. The van der Waals surface area contributed by atoms with Gasteiger partial charge in [0.15, 0.2) is 0 Å². The van der Waals surface area contributed by atoms with Gasteiger partial charge in [0, 0.05) is 5.41 Å². The smallest absolute Gasteiger partial charge is 0.0772 e. The molecule has 4 saturated carbocycles. The predicted octanol–water partition coefficient (Wildman–Crippen LogP) is 7.00. The van der Waals surface area contributed by atoms with E-state index in [1.54, 1.807) is 0 Å². The van der Waals surface area contributed by atoms with Crippen molar-refractivity contribution < 1.29 is 10.2 Å². The van der Waals surface area contributed by atoms with E-state index < -0.39 is 5.60 Å². The molecule has 5 aliphatic rings. The Hall–Kier alpha value is -0.340. The first-order chi connectivity index (χ1) is 14.9. The third kappa shape index (κ3) is 2.96. The fourth-order valence-corrected chi connectivity index (χ4v) is 10.2. The maximum Gasteiger partial charge on any atom is 0.0772 e.